The summed E-state index contributed by atoms with van der Waals surface area (Å²) in [6.07, 6.45) is 5.96. The number of phenols is 1. The summed E-state index contributed by atoms with van der Waals surface area (Å²) in [6, 6.07) is 7.02. The van der Waals surface area contributed by atoms with Crippen LogP contribution in [0.4, 0.5) is 5.95 Å². The van der Waals surface area contributed by atoms with E-state index in [0.717, 1.165) is 43.5 Å². The van der Waals surface area contributed by atoms with Crippen LogP contribution in [-0.2, 0) is 27.8 Å². The Balaban J connectivity index is 0.000000706. The predicted octanol–water partition coefficient (Wildman–Crippen LogP) is 1.51. The average molecular weight is 384 g/mol. The van der Waals surface area contributed by atoms with Crippen molar-refractivity contribution in [3.63, 3.8) is 0 Å². The van der Waals surface area contributed by atoms with Crippen molar-refractivity contribution in [3.05, 3.63) is 47.3 Å². The van der Waals surface area contributed by atoms with Crippen molar-refractivity contribution in [1.82, 2.24) is 14.9 Å². The van der Waals surface area contributed by atoms with Crippen LogP contribution >= 0.6 is 0 Å². The van der Waals surface area contributed by atoms with Gasteiger partial charge in [-0.1, -0.05) is 18.2 Å². The number of likely N-dealkylation sites (tertiary alicyclic amines) is 1. The minimum Gasteiger partial charge on any atom is -0.508 e. The fraction of sp³-hybridized carbons (Fsp3) is 0.400. The third-order valence-electron chi connectivity index (χ3n) is 5.52. The summed E-state index contributed by atoms with van der Waals surface area (Å²) in [5.74, 6) is 0.531. The van der Waals surface area contributed by atoms with Gasteiger partial charge in [0.2, 0.25) is 11.9 Å². The minimum atomic E-state index is -0.250. The molecule has 2 aromatic rings. The Morgan fingerprint density at radius 1 is 1.32 bits per heavy atom. The zero-order valence-corrected chi connectivity index (χ0v) is 15.5. The number of rotatable bonds is 2. The van der Waals surface area contributed by atoms with Gasteiger partial charge in [0.1, 0.15) is 5.75 Å². The van der Waals surface area contributed by atoms with Crippen LogP contribution < -0.4 is 5.73 Å². The molecule has 4 N–H and O–H groups in total. The van der Waals surface area contributed by atoms with Crippen LogP contribution in [0.1, 0.15) is 36.1 Å². The van der Waals surface area contributed by atoms with E-state index >= 15 is 0 Å². The number of carboxylic acid groups (broad SMARTS) is 1. The van der Waals surface area contributed by atoms with E-state index in [0.29, 0.717) is 18.1 Å². The molecule has 1 spiro atoms. The highest BCUT2D eigenvalue weighted by atomic mass is 16.3. The molecule has 1 aliphatic heterocycles. The number of nitrogens with two attached hydrogens (primary N) is 1. The number of aromatic nitrogens is 2. The largest absolute Gasteiger partial charge is 0.508 e. The first-order chi connectivity index (χ1) is 13.5. The molecule has 1 fully saturated rings. The molecule has 1 amide bonds. The van der Waals surface area contributed by atoms with Crippen LogP contribution in [0.15, 0.2) is 30.5 Å². The van der Waals surface area contributed by atoms with Gasteiger partial charge in [0, 0.05) is 30.3 Å². The molecule has 1 aromatic heterocycles. The lowest BCUT2D eigenvalue weighted by Gasteiger charge is -2.40. The molecule has 0 saturated carbocycles. The van der Waals surface area contributed by atoms with E-state index in [1.807, 2.05) is 17.2 Å². The minimum absolute atomic E-state index is 0.0519. The maximum Gasteiger partial charge on any atom is 0.290 e. The molecule has 1 unspecified atom stereocenters. The van der Waals surface area contributed by atoms with Gasteiger partial charge in [-0.3, -0.25) is 9.59 Å². The molecule has 0 bridgehead atoms. The van der Waals surface area contributed by atoms with Gasteiger partial charge in [-0.25, -0.2) is 9.97 Å². The molecule has 1 aromatic carbocycles. The van der Waals surface area contributed by atoms with E-state index in [9.17, 15) is 9.90 Å². The van der Waals surface area contributed by atoms with Gasteiger partial charge in [-0.05, 0) is 37.3 Å². The van der Waals surface area contributed by atoms with Gasteiger partial charge >= 0.3 is 0 Å². The Labute approximate surface area is 163 Å². The number of nitrogens with zero attached hydrogens (tertiary/aromatic N) is 3. The number of aromatic hydroxyl groups is 1. The summed E-state index contributed by atoms with van der Waals surface area (Å²) in [5, 5.41) is 16.8. The average Bonchev–Trinajstić information content (AvgIpc) is 3.01. The monoisotopic (exact) mass is 384 g/mol. The van der Waals surface area contributed by atoms with Crippen molar-refractivity contribution in [3.8, 4) is 5.75 Å². The first-order valence-electron chi connectivity index (χ1n) is 9.23. The maximum absolute atomic E-state index is 12.8. The summed E-state index contributed by atoms with van der Waals surface area (Å²) in [7, 11) is 0. The maximum atomic E-state index is 12.8. The van der Waals surface area contributed by atoms with Crippen molar-refractivity contribution in [2.45, 2.75) is 37.5 Å². The Morgan fingerprint density at radius 3 is 2.82 bits per heavy atom. The smallest absolute Gasteiger partial charge is 0.290 e. The van der Waals surface area contributed by atoms with Crippen molar-refractivity contribution < 1.29 is 19.8 Å². The Morgan fingerprint density at radius 2 is 2.07 bits per heavy atom. The number of nitrogen functional groups attached to an aromatic ring is 1. The van der Waals surface area contributed by atoms with Gasteiger partial charge in [0.05, 0.1) is 12.1 Å². The van der Waals surface area contributed by atoms with E-state index in [2.05, 4.69) is 9.97 Å². The summed E-state index contributed by atoms with van der Waals surface area (Å²) < 4.78 is 0. The number of phenolic OH excluding ortho intramolecular Hbond substituents is 1. The fourth-order valence-electron chi connectivity index (χ4n) is 4.23. The molecule has 0 radical (unpaired) electrons. The van der Waals surface area contributed by atoms with Crippen LogP contribution in [-0.4, -0.2) is 50.5 Å². The number of aryl methyl sites for hydroxylation is 1. The number of carbonyl (C=O) groups excluding carboxylic acids is 1. The quantitative estimate of drug-likeness (QED) is 0.669. The second kappa shape index (κ2) is 8.24. The van der Waals surface area contributed by atoms with Crippen LogP contribution in [0.25, 0.3) is 0 Å². The third kappa shape index (κ3) is 3.90. The Kier molecular flexibility index (Phi) is 5.77. The molecule has 28 heavy (non-hydrogen) atoms. The molecular weight excluding hydrogens is 360 g/mol. The predicted molar refractivity (Wildman–Crippen MR) is 103 cm³/mol. The lowest BCUT2D eigenvalue weighted by molar-refractivity contribution is -0.132. The first kappa shape index (κ1) is 19.6. The zero-order valence-electron chi connectivity index (χ0n) is 15.5. The highest BCUT2D eigenvalue weighted by Gasteiger charge is 2.44. The number of para-hydroxylation sites is 1. The van der Waals surface area contributed by atoms with E-state index in [1.165, 1.54) is 0 Å². The third-order valence-corrected chi connectivity index (χ3v) is 5.52. The van der Waals surface area contributed by atoms with Gasteiger partial charge in [0.25, 0.3) is 6.47 Å². The summed E-state index contributed by atoms with van der Waals surface area (Å²) in [4.78, 5) is 31.7. The fourth-order valence-corrected chi connectivity index (χ4v) is 4.23. The number of hydrogen-bond acceptors (Lipinski definition) is 6. The van der Waals surface area contributed by atoms with Gasteiger partial charge < -0.3 is 20.8 Å². The molecule has 1 atom stereocenters. The van der Waals surface area contributed by atoms with Gasteiger partial charge in [-0.15, -0.1) is 0 Å². The van der Waals surface area contributed by atoms with Crippen molar-refractivity contribution >= 4 is 18.3 Å². The number of carbonyl (C=O) groups is 2. The molecule has 1 saturated heterocycles. The Hall–Kier alpha value is -3.16. The molecule has 8 nitrogen and oxygen atoms in total. The number of hydrogen-bond donors (Lipinski definition) is 3. The van der Waals surface area contributed by atoms with Gasteiger partial charge in [-0.2, -0.15) is 0 Å². The summed E-state index contributed by atoms with van der Waals surface area (Å²) in [5.41, 5.74) is 8.56. The molecule has 2 heterocycles. The van der Waals surface area contributed by atoms with E-state index in [-0.39, 0.29) is 30.0 Å². The van der Waals surface area contributed by atoms with Crippen LogP contribution in [0.3, 0.4) is 0 Å². The number of amides is 1. The topological polar surface area (TPSA) is 130 Å². The lowest BCUT2D eigenvalue weighted by Crippen LogP contribution is -2.48. The molecule has 8 heteroatoms. The molecular formula is C20H24N4O4. The molecule has 148 valence electrons. The molecule has 2 aliphatic rings. The number of piperidine rings is 1. The highest BCUT2D eigenvalue weighted by molar-refractivity contribution is 5.79. The molecule has 1 aliphatic carbocycles. The van der Waals surface area contributed by atoms with E-state index in [4.69, 9.17) is 15.6 Å². The standard InChI is InChI=1S/C19H22N4O2.CH2O2/c20-18-21-11-14-6-8-19(17(14)22-18)7-3-9-23(12-19)16(25)10-13-4-1-2-5-15(13)24;2-1-3/h1-2,4-5,11,24H,3,6-10,12H2,(H2,20,21,22);1H,(H,2,3). The molecule has 4 rings (SSSR count). The van der Waals surface area contributed by atoms with Crippen molar-refractivity contribution in [2.24, 2.45) is 0 Å². The van der Waals surface area contributed by atoms with Crippen LogP contribution in [0.2, 0.25) is 0 Å². The van der Waals surface area contributed by atoms with E-state index < -0.39 is 0 Å². The zero-order chi connectivity index (χ0) is 20.1. The van der Waals surface area contributed by atoms with Gasteiger partial charge in [0.15, 0.2) is 0 Å². The van der Waals surface area contributed by atoms with Crippen LogP contribution in [0.5, 0.6) is 5.75 Å². The van der Waals surface area contributed by atoms with Crippen molar-refractivity contribution in [1.29, 1.82) is 0 Å². The van der Waals surface area contributed by atoms with Crippen molar-refractivity contribution in [2.75, 3.05) is 18.8 Å². The SMILES string of the molecule is Nc1ncc2c(n1)C1(CCCN(C(=O)Cc3ccccc3O)C1)CC2.O=CO. The second-order valence-corrected chi connectivity index (χ2v) is 7.21. The lowest BCUT2D eigenvalue weighted by atomic mass is 9.77. The highest BCUT2D eigenvalue weighted by Crippen LogP contribution is 2.44. The second-order valence-electron chi connectivity index (χ2n) is 7.21. The van der Waals surface area contributed by atoms with E-state index in [1.54, 1.807) is 18.2 Å². The Bertz CT molecular complexity index is 869. The van der Waals surface area contributed by atoms with Crippen LogP contribution in [0, 0.1) is 0 Å². The summed E-state index contributed by atoms with van der Waals surface area (Å²) >= 11 is 0. The number of fused-ring (bicyclic) bond motifs is 2. The number of anilines is 1. The normalized spacial score (nSPS) is 20.2. The first-order valence-corrected chi connectivity index (χ1v) is 9.23. The summed E-state index contributed by atoms with van der Waals surface area (Å²) in [6.45, 7) is 1.17. The number of benzene rings is 1.